The summed E-state index contributed by atoms with van der Waals surface area (Å²) >= 11 is 0. The third-order valence-corrected chi connectivity index (χ3v) is 2.56. The van der Waals surface area contributed by atoms with E-state index in [2.05, 4.69) is 10.1 Å². The van der Waals surface area contributed by atoms with Gasteiger partial charge >= 0.3 is 6.36 Å². The second-order valence-corrected chi connectivity index (χ2v) is 4.21. The van der Waals surface area contributed by atoms with E-state index in [1.54, 1.807) is 13.8 Å². The Labute approximate surface area is 120 Å². The van der Waals surface area contributed by atoms with Gasteiger partial charge in [-0.25, -0.2) is 0 Å². The van der Waals surface area contributed by atoms with Gasteiger partial charge in [-0.15, -0.1) is 25.6 Å². The number of hydrogen-bond acceptors (Lipinski definition) is 3. The summed E-state index contributed by atoms with van der Waals surface area (Å²) in [6, 6.07) is 4.59. The number of carbonyl (C=O) groups is 1. The first-order valence-corrected chi connectivity index (χ1v) is 5.61. The van der Waals surface area contributed by atoms with E-state index in [1.807, 2.05) is 0 Å². The average Bonchev–Trinajstić information content (AvgIpc) is 2.28. The van der Waals surface area contributed by atoms with Gasteiger partial charge in [0, 0.05) is 11.7 Å². The molecular formula is C12H16ClF3N2O2. The molecule has 4 nitrogen and oxygen atoms in total. The molecule has 114 valence electrons. The summed E-state index contributed by atoms with van der Waals surface area (Å²) in [5, 5.41) is 2.56. The Morgan fingerprint density at radius 2 is 1.75 bits per heavy atom. The van der Waals surface area contributed by atoms with E-state index in [1.165, 1.54) is 12.1 Å². The fourth-order valence-electron chi connectivity index (χ4n) is 1.23. The van der Waals surface area contributed by atoms with Crippen molar-refractivity contribution in [3.8, 4) is 5.75 Å². The van der Waals surface area contributed by atoms with Gasteiger partial charge in [-0.3, -0.25) is 4.79 Å². The molecule has 2 unspecified atom stereocenters. The second-order valence-electron chi connectivity index (χ2n) is 4.21. The zero-order chi connectivity index (χ0) is 14.6. The monoisotopic (exact) mass is 312 g/mol. The Hall–Kier alpha value is -1.47. The van der Waals surface area contributed by atoms with Gasteiger partial charge in [0.25, 0.3) is 0 Å². The molecule has 0 aromatic heterocycles. The first-order valence-electron chi connectivity index (χ1n) is 5.61. The molecule has 0 spiro atoms. The van der Waals surface area contributed by atoms with E-state index >= 15 is 0 Å². The SMILES string of the molecule is CC(N)C(C)C(=O)Nc1ccc(OC(F)(F)F)cc1.Cl. The van der Waals surface area contributed by atoms with Crippen LogP contribution in [0.3, 0.4) is 0 Å². The van der Waals surface area contributed by atoms with Crippen LogP contribution in [-0.4, -0.2) is 18.3 Å². The maximum Gasteiger partial charge on any atom is 0.573 e. The maximum atomic E-state index is 11.9. The molecule has 1 amide bonds. The van der Waals surface area contributed by atoms with Crippen molar-refractivity contribution in [3.05, 3.63) is 24.3 Å². The van der Waals surface area contributed by atoms with Crippen molar-refractivity contribution in [2.75, 3.05) is 5.32 Å². The van der Waals surface area contributed by atoms with Gasteiger partial charge < -0.3 is 15.8 Å². The minimum atomic E-state index is -4.73. The van der Waals surface area contributed by atoms with Crippen LogP contribution in [0.15, 0.2) is 24.3 Å². The van der Waals surface area contributed by atoms with Crippen molar-refractivity contribution < 1.29 is 22.7 Å². The number of hydrogen-bond donors (Lipinski definition) is 2. The van der Waals surface area contributed by atoms with Crippen molar-refractivity contribution in [1.29, 1.82) is 0 Å². The van der Waals surface area contributed by atoms with Crippen LogP contribution >= 0.6 is 12.4 Å². The van der Waals surface area contributed by atoms with Gasteiger partial charge in [0.2, 0.25) is 5.91 Å². The summed E-state index contributed by atoms with van der Waals surface area (Å²) < 4.78 is 39.5. The zero-order valence-corrected chi connectivity index (χ0v) is 11.7. The van der Waals surface area contributed by atoms with Crippen LogP contribution in [0.2, 0.25) is 0 Å². The molecule has 1 aromatic rings. The molecule has 0 saturated carbocycles. The summed E-state index contributed by atoms with van der Waals surface area (Å²) in [6.45, 7) is 3.37. The molecule has 0 saturated heterocycles. The largest absolute Gasteiger partial charge is 0.573 e. The Balaban J connectivity index is 0.00000361. The summed E-state index contributed by atoms with van der Waals surface area (Å²) in [7, 11) is 0. The van der Waals surface area contributed by atoms with Crippen molar-refractivity contribution in [3.63, 3.8) is 0 Å². The van der Waals surface area contributed by atoms with Crippen LogP contribution in [0.5, 0.6) is 5.75 Å². The molecule has 0 aliphatic carbocycles. The van der Waals surface area contributed by atoms with Crippen LogP contribution in [0.25, 0.3) is 0 Å². The van der Waals surface area contributed by atoms with Crippen LogP contribution in [0.4, 0.5) is 18.9 Å². The Morgan fingerprint density at radius 1 is 1.25 bits per heavy atom. The molecule has 1 rings (SSSR count). The van der Waals surface area contributed by atoms with Gasteiger partial charge in [0.05, 0.1) is 5.92 Å². The number of amides is 1. The second kappa shape index (κ2) is 7.35. The molecule has 0 radical (unpaired) electrons. The first-order chi connectivity index (χ1) is 8.69. The Bertz CT molecular complexity index is 435. The number of alkyl halides is 3. The highest BCUT2D eigenvalue weighted by atomic mass is 35.5. The quantitative estimate of drug-likeness (QED) is 0.898. The fraction of sp³-hybridized carbons (Fsp3) is 0.417. The highest BCUT2D eigenvalue weighted by Crippen LogP contribution is 2.24. The van der Waals surface area contributed by atoms with E-state index in [4.69, 9.17) is 5.73 Å². The van der Waals surface area contributed by atoms with E-state index < -0.39 is 12.3 Å². The number of benzene rings is 1. The standard InChI is InChI=1S/C12H15F3N2O2.ClH/c1-7(8(2)16)11(18)17-9-3-5-10(6-4-9)19-12(13,14)15;/h3-8H,16H2,1-2H3,(H,17,18);1H. The summed E-state index contributed by atoms with van der Waals surface area (Å²) in [5.74, 6) is -1.03. The van der Waals surface area contributed by atoms with Gasteiger partial charge in [-0.05, 0) is 31.2 Å². The smallest absolute Gasteiger partial charge is 0.406 e. The topological polar surface area (TPSA) is 64.4 Å². The first kappa shape index (κ1) is 18.5. The summed E-state index contributed by atoms with van der Waals surface area (Å²) in [5.41, 5.74) is 5.96. The molecule has 1 aromatic carbocycles. The number of rotatable bonds is 4. The van der Waals surface area contributed by atoms with Crippen molar-refractivity contribution >= 4 is 24.0 Å². The molecule has 0 heterocycles. The van der Waals surface area contributed by atoms with Crippen molar-refractivity contribution in [2.45, 2.75) is 26.3 Å². The number of ether oxygens (including phenoxy) is 1. The zero-order valence-electron chi connectivity index (χ0n) is 10.9. The predicted molar refractivity (Wildman–Crippen MR) is 71.8 cm³/mol. The highest BCUT2D eigenvalue weighted by molar-refractivity contribution is 5.92. The van der Waals surface area contributed by atoms with E-state index in [-0.39, 0.29) is 30.1 Å². The molecule has 0 bridgehead atoms. The Morgan fingerprint density at radius 3 is 2.15 bits per heavy atom. The molecule has 0 aliphatic rings. The van der Waals surface area contributed by atoms with E-state index in [0.29, 0.717) is 5.69 Å². The lowest BCUT2D eigenvalue weighted by Gasteiger charge is -2.15. The molecular weight excluding hydrogens is 297 g/mol. The minimum absolute atomic E-state index is 0. The van der Waals surface area contributed by atoms with Crippen LogP contribution in [-0.2, 0) is 4.79 Å². The number of carbonyl (C=O) groups excluding carboxylic acids is 1. The van der Waals surface area contributed by atoms with Crippen molar-refractivity contribution in [1.82, 2.24) is 0 Å². The normalized spacial score (nSPS) is 13.9. The van der Waals surface area contributed by atoms with Gasteiger partial charge in [0.15, 0.2) is 0 Å². The van der Waals surface area contributed by atoms with E-state index in [0.717, 1.165) is 12.1 Å². The fourth-order valence-corrected chi connectivity index (χ4v) is 1.23. The molecule has 8 heteroatoms. The van der Waals surface area contributed by atoms with E-state index in [9.17, 15) is 18.0 Å². The van der Waals surface area contributed by atoms with Crippen molar-refractivity contribution in [2.24, 2.45) is 11.7 Å². The summed E-state index contributed by atoms with van der Waals surface area (Å²) in [4.78, 5) is 11.7. The summed E-state index contributed by atoms with van der Waals surface area (Å²) in [6.07, 6.45) is -4.73. The van der Waals surface area contributed by atoms with Crippen LogP contribution < -0.4 is 15.8 Å². The maximum absolute atomic E-state index is 11.9. The lowest BCUT2D eigenvalue weighted by molar-refractivity contribution is -0.274. The molecule has 3 N–H and O–H groups in total. The van der Waals surface area contributed by atoms with Crippen LogP contribution in [0.1, 0.15) is 13.8 Å². The third-order valence-electron chi connectivity index (χ3n) is 2.56. The predicted octanol–water partition coefficient (Wildman–Crippen LogP) is 2.93. The molecule has 20 heavy (non-hydrogen) atoms. The average molecular weight is 313 g/mol. The number of halogens is 4. The number of anilines is 1. The van der Waals surface area contributed by atoms with Gasteiger partial charge in [0.1, 0.15) is 5.75 Å². The minimum Gasteiger partial charge on any atom is -0.406 e. The Kier molecular flexibility index (Phi) is 6.81. The lowest BCUT2D eigenvalue weighted by Crippen LogP contribution is -2.34. The molecule has 2 atom stereocenters. The van der Waals surface area contributed by atoms with Crippen LogP contribution in [0, 0.1) is 5.92 Å². The molecule has 0 fully saturated rings. The number of nitrogens with one attached hydrogen (secondary N) is 1. The highest BCUT2D eigenvalue weighted by Gasteiger charge is 2.31. The molecule has 0 aliphatic heterocycles. The third kappa shape index (κ3) is 6.12. The van der Waals surface area contributed by atoms with Gasteiger partial charge in [-0.1, -0.05) is 6.92 Å². The number of nitrogens with two attached hydrogens (primary N) is 1. The lowest BCUT2D eigenvalue weighted by atomic mass is 10.0. The van der Waals surface area contributed by atoms with Gasteiger partial charge in [-0.2, -0.15) is 0 Å².